The van der Waals surface area contributed by atoms with E-state index in [0.29, 0.717) is 0 Å². The first kappa shape index (κ1) is 11.1. The van der Waals surface area contributed by atoms with Gasteiger partial charge < -0.3 is 5.32 Å². The van der Waals surface area contributed by atoms with Gasteiger partial charge in [-0.05, 0) is 36.5 Å². The fourth-order valence-electron chi connectivity index (χ4n) is 1.73. The zero-order chi connectivity index (χ0) is 10.4. The van der Waals surface area contributed by atoms with Crippen molar-refractivity contribution in [3.63, 3.8) is 0 Å². The van der Waals surface area contributed by atoms with Crippen LogP contribution in [0.15, 0.2) is 18.2 Å². The normalized spacial score (nSPS) is 13.4. The minimum Gasteiger partial charge on any atom is -0.385 e. The molecule has 1 heteroatoms. The molecule has 1 aromatic carbocycles. The molecular formula is C13H21N. The Hall–Kier alpha value is -0.980. The van der Waals surface area contributed by atoms with Crippen LogP contribution in [0.5, 0.6) is 0 Å². The van der Waals surface area contributed by atoms with Crippen molar-refractivity contribution in [3.8, 4) is 0 Å². The largest absolute Gasteiger partial charge is 0.385 e. The van der Waals surface area contributed by atoms with Gasteiger partial charge in [0.1, 0.15) is 0 Å². The second kappa shape index (κ2) is 5.69. The highest BCUT2D eigenvalue weighted by molar-refractivity contribution is 5.54. The van der Waals surface area contributed by atoms with Crippen LogP contribution >= 0.6 is 0 Å². The Morgan fingerprint density at radius 3 is 2.79 bits per heavy atom. The molecule has 0 aromatic heterocycles. The van der Waals surface area contributed by atoms with Gasteiger partial charge in [0.15, 0.2) is 0 Å². The Bertz CT molecular complexity index is 279. The monoisotopic (exact) mass is 191 g/mol. The molecule has 0 fully saturated rings. The van der Waals surface area contributed by atoms with Gasteiger partial charge in [-0.25, -0.2) is 0 Å². The van der Waals surface area contributed by atoms with E-state index in [9.17, 15) is 0 Å². The lowest BCUT2D eigenvalue weighted by Gasteiger charge is -2.18. The fourth-order valence-corrected chi connectivity index (χ4v) is 1.73. The quantitative estimate of drug-likeness (QED) is 0.714. The Labute approximate surface area is 87.5 Å². The molecule has 1 aliphatic rings. The van der Waals surface area contributed by atoms with Crippen molar-refractivity contribution < 1.29 is 0 Å². The van der Waals surface area contributed by atoms with Crippen molar-refractivity contribution in [1.82, 2.24) is 0 Å². The van der Waals surface area contributed by atoms with Crippen molar-refractivity contribution in [1.29, 1.82) is 0 Å². The highest BCUT2D eigenvalue weighted by atomic mass is 14.9. The van der Waals surface area contributed by atoms with E-state index in [0.717, 1.165) is 13.0 Å². The summed E-state index contributed by atoms with van der Waals surface area (Å²) in [5.41, 5.74) is 4.28. The fraction of sp³-hybridized carbons (Fsp3) is 0.538. The van der Waals surface area contributed by atoms with Gasteiger partial charge in [-0.15, -0.1) is 0 Å². The number of rotatable bonds is 1. The van der Waals surface area contributed by atoms with E-state index in [2.05, 4.69) is 30.4 Å². The number of hydrogen-bond acceptors (Lipinski definition) is 1. The maximum Gasteiger partial charge on any atom is 0.0375 e. The van der Waals surface area contributed by atoms with Gasteiger partial charge in [0.2, 0.25) is 0 Å². The standard InChI is InChI=1S/C11H15N.C2H6/c1-2-9-5-6-10-4-3-7-12-11(10)8-9;1-2/h5-6,8,12H,2-4,7H2,1H3;1-2H3. The Balaban J connectivity index is 0.000000461. The second-order valence-electron chi connectivity index (χ2n) is 3.38. The van der Waals surface area contributed by atoms with Crippen molar-refractivity contribution >= 4 is 5.69 Å². The Morgan fingerprint density at radius 2 is 2.07 bits per heavy atom. The van der Waals surface area contributed by atoms with Crippen molar-refractivity contribution in [3.05, 3.63) is 29.3 Å². The summed E-state index contributed by atoms with van der Waals surface area (Å²) in [4.78, 5) is 0. The third-order valence-corrected chi connectivity index (χ3v) is 2.52. The molecule has 0 atom stereocenters. The van der Waals surface area contributed by atoms with Crippen LogP contribution in [-0.4, -0.2) is 6.54 Å². The van der Waals surface area contributed by atoms with Gasteiger partial charge in [0, 0.05) is 12.2 Å². The second-order valence-corrected chi connectivity index (χ2v) is 3.38. The summed E-state index contributed by atoms with van der Waals surface area (Å²) in [5, 5.41) is 3.44. The molecule has 0 spiro atoms. The predicted octanol–water partition coefficient (Wildman–Crippen LogP) is 3.63. The van der Waals surface area contributed by atoms with Gasteiger partial charge in [0.25, 0.3) is 0 Å². The van der Waals surface area contributed by atoms with Crippen LogP contribution in [0.25, 0.3) is 0 Å². The highest BCUT2D eigenvalue weighted by Gasteiger charge is 2.07. The van der Waals surface area contributed by atoms with Crippen LogP contribution in [0, 0.1) is 0 Å². The van der Waals surface area contributed by atoms with Crippen LogP contribution < -0.4 is 5.32 Å². The third-order valence-electron chi connectivity index (χ3n) is 2.52. The number of nitrogens with one attached hydrogen (secondary N) is 1. The van der Waals surface area contributed by atoms with Gasteiger partial charge in [-0.3, -0.25) is 0 Å². The molecule has 0 bridgehead atoms. The molecule has 0 saturated heterocycles. The first-order valence-electron chi connectivity index (χ1n) is 5.76. The Kier molecular flexibility index (Phi) is 4.51. The molecule has 0 amide bonds. The first-order valence-corrected chi connectivity index (χ1v) is 5.76. The zero-order valence-corrected chi connectivity index (χ0v) is 9.56. The predicted molar refractivity (Wildman–Crippen MR) is 64.0 cm³/mol. The van der Waals surface area contributed by atoms with Crippen LogP contribution in [0.2, 0.25) is 0 Å². The third kappa shape index (κ3) is 2.50. The van der Waals surface area contributed by atoms with E-state index in [1.807, 2.05) is 13.8 Å². The minimum atomic E-state index is 1.13. The minimum absolute atomic E-state index is 1.13. The SMILES string of the molecule is CC.CCc1ccc2c(c1)NCCC2. The van der Waals surface area contributed by atoms with E-state index in [-0.39, 0.29) is 0 Å². The topological polar surface area (TPSA) is 12.0 Å². The summed E-state index contributed by atoms with van der Waals surface area (Å²) in [6, 6.07) is 6.79. The van der Waals surface area contributed by atoms with E-state index in [1.165, 1.54) is 29.7 Å². The number of hydrogen-bond donors (Lipinski definition) is 1. The van der Waals surface area contributed by atoms with Gasteiger partial charge >= 0.3 is 0 Å². The summed E-state index contributed by atoms with van der Waals surface area (Å²) >= 11 is 0. The first-order chi connectivity index (χ1) is 6.90. The molecule has 1 aromatic rings. The molecule has 0 aliphatic carbocycles. The lowest BCUT2D eigenvalue weighted by atomic mass is 10.0. The number of aryl methyl sites for hydroxylation is 2. The summed E-state index contributed by atoms with van der Waals surface area (Å²) in [6.45, 7) is 7.34. The smallest absolute Gasteiger partial charge is 0.0375 e. The molecule has 1 aliphatic heterocycles. The van der Waals surface area contributed by atoms with Gasteiger partial charge in [-0.1, -0.05) is 32.9 Å². The molecule has 2 rings (SSSR count). The molecule has 0 radical (unpaired) electrons. The maximum absolute atomic E-state index is 3.44. The Morgan fingerprint density at radius 1 is 1.29 bits per heavy atom. The summed E-state index contributed by atoms with van der Waals surface area (Å²) in [5.74, 6) is 0. The summed E-state index contributed by atoms with van der Waals surface area (Å²) in [6.07, 6.45) is 3.65. The lowest BCUT2D eigenvalue weighted by molar-refractivity contribution is 0.828. The number of fused-ring (bicyclic) bond motifs is 1. The molecule has 78 valence electrons. The molecular weight excluding hydrogens is 170 g/mol. The highest BCUT2D eigenvalue weighted by Crippen LogP contribution is 2.22. The van der Waals surface area contributed by atoms with Crippen molar-refractivity contribution in [2.24, 2.45) is 0 Å². The van der Waals surface area contributed by atoms with E-state index in [4.69, 9.17) is 0 Å². The summed E-state index contributed by atoms with van der Waals surface area (Å²) in [7, 11) is 0. The zero-order valence-electron chi connectivity index (χ0n) is 9.56. The number of benzene rings is 1. The molecule has 1 heterocycles. The van der Waals surface area contributed by atoms with Gasteiger partial charge in [-0.2, -0.15) is 0 Å². The average Bonchev–Trinajstić information content (AvgIpc) is 2.31. The molecule has 1 N–H and O–H groups in total. The number of anilines is 1. The molecule has 1 nitrogen and oxygen atoms in total. The lowest BCUT2D eigenvalue weighted by Crippen LogP contribution is -2.11. The van der Waals surface area contributed by atoms with Crippen molar-refractivity contribution in [2.45, 2.75) is 40.0 Å². The van der Waals surface area contributed by atoms with Crippen LogP contribution in [0.4, 0.5) is 5.69 Å². The molecule has 0 saturated carbocycles. The van der Waals surface area contributed by atoms with Gasteiger partial charge in [0.05, 0.1) is 0 Å². The average molecular weight is 191 g/mol. The van der Waals surface area contributed by atoms with Crippen LogP contribution in [0.1, 0.15) is 38.3 Å². The van der Waals surface area contributed by atoms with E-state index < -0.39 is 0 Å². The molecule has 14 heavy (non-hydrogen) atoms. The van der Waals surface area contributed by atoms with Crippen LogP contribution in [0.3, 0.4) is 0 Å². The summed E-state index contributed by atoms with van der Waals surface area (Å²) < 4.78 is 0. The van der Waals surface area contributed by atoms with E-state index >= 15 is 0 Å². The van der Waals surface area contributed by atoms with Crippen molar-refractivity contribution in [2.75, 3.05) is 11.9 Å². The molecule has 0 unspecified atom stereocenters. The van der Waals surface area contributed by atoms with Crippen LogP contribution in [-0.2, 0) is 12.8 Å². The van der Waals surface area contributed by atoms with E-state index in [1.54, 1.807) is 0 Å². The maximum atomic E-state index is 3.44.